The Labute approximate surface area is 124 Å². The summed E-state index contributed by atoms with van der Waals surface area (Å²) in [6.45, 7) is 6.12. The molecule has 0 bridgehead atoms. The molecule has 7 heteroatoms. The van der Waals surface area contributed by atoms with Crippen molar-refractivity contribution < 1.29 is 33.6 Å². The van der Waals surface area contributed by atoms with Gasteiger partial charge in [-0.15, -0.1) is 0 Å². The maximum absolute atomic E-state index is 11.5. The van der Waals surface area contributed by atoms with E-state index in [1.807, 2.05) is 0 Å². The zero-order valence-corrected chi connectivity index (χ0v) is 12.9. The van der Waals surface area contributed by atoms with E-state index in [1.54, 1.807) is 13.8 Å². The molecule has 1 N–H and O–H groups in total. The third kappa shape index (κ3) is 3.54. The lowest BCUT2D eigenvalue weighted by Crippen LogP contribution is -2.46. The maximum Gasteiger partial charge on any atom is 0.337 e. The van der Waals surface area contributed by atoms with Gasteiger partial charge >= 0.3 is 5.97 Å². The number of ether oxygens (including phenoxy) is 5. The van der Waals surface area contributed by atoms with Crippen molar-refractivity contribution >= 4 is 5.97 Å². The van der Waals surface area contributed by atoms with E-state index in [0.717, 1.165) is 12.8 Å². The van der Waals surface area contributed by atoms with Gasteiger partial charge < -0.3 is 28.8 Å². The van der Waals surface area contributed by atoms with Crippen LogP contribution in [-0.2, 0) is 28.5 Å². The average Bonchev–Trinajstić information content (AvgIpc) is 2.90. The molecule has 0 saturated carbocycles. The molecule has 0 aliphatic carbocycles. The Kier molecular flexibility index (Phi) is 5.21. The van der Waals surface area contributed by atoms with Crippen LogP contribution in [0, 0.1) is 0 Å². The highest BCUT2D eigenvalue weighted by molar-refractivity contribution is 5.75. The zero-order valence-electron chi connectivity index (χ0n) is 12.9. The molecule has 2 fully saturated rings. The first-order chi connectivity index (χ1) is 9.89. The summed E-state index contributed by atoms with van der Waals surface area (Å²) < 4.78 is 27.4. The Balaban J connectivity index is 2.08. The molecule has 2 rings (SSSR count). The van der Waals surface area contributed by atoms with Crippen molar-refractivity contribution in [3.05, 3.63) is 0 Å². The molecule has 0 aromatic rings. The summed E-state index contributed by atoms with van der Waals surface area (Å²) in [5.41, 5.74) is 0. The van der Waals surface area contributed by atoms with Gasteiger partial charge in [-0.3, -0.25) is 0 Å². The van der Waals surface area contributed by atoms with Crippen LogP contribution in [0.4, 0.5) is 0 Å². The number of aliphatic hydroxyl groups is 1. The highest BCUT2D eigenvalue weighted by Crippen LogP contribution is 2.39. The van der Waals surface area contributed by atoms with Crippen LogP contribution in [0.3, 0.4) is 0 Å². The molecule has 0 radical (unpaired) electrons. The van der Waals surface area contributed by atoms with Gasteiger partial charge in [-0.25, -0.2) is 4.79 Å². The number of carbonyl (C=O) groups excluding carboxylic acids is 1. The lowest BCUT2D eigenvalue weighted by Gasteiger charge is -2.27. The number of unbranched alkanes of at least 4 members (excludes halogenated alkanes) is 1. The van der Waals surface area contributed by atoms with Gasteiger partial charge in [-0.1, -0.05) is 13.3 Å². The standard InChI is InChI=1S/C14H24O7/c1-5-6-7-18-10-9(8(15)12(16)17-4)19-13-11(10)20-14(2,3)21-13/h8-11,13,15H,5-7H2,1-4H3/t8-,9-,10+,11+,13-/m1/s1. The molecular formula is C14H24O7. The van der Waals surface area contributed by atoms with E-state index in [2.05, 4.69) is 11.7 Å². The Morgan fingerprint density at radius 3 is 2.71 bits per heavy atom. The second-order valence-corrected chi connectivity index (χ2v) is 5.73. The minimum Gasteiger partial charge on any atom is -0.467 e. The Bertz CT molecular complexity index is 370. The summed E-state index contributed by atoms with van der Waals surface area (Å²) >= 11 is 0. The molecule has 0 aromatic carbocycles. The predicted molar refractivity (Wildman–Crippen MR) is 71.4 cm³/mol. The highest BCUT2D eigenvalue weighted by atomic mass is 16.8. The first kappa shape index (κ1) is 16.6. The molecule has 0 unspecified atom stereocenters. The van der Waals surface area contributed by atoms with E-state index in [-0.39, 0.29) is 0 Å². The number of fused-ring (bicyclic) bond motifs is 1. The molecule has 7 nitrogen and oxygen atoms in total. The molecule has 2 aliphatic heterocycles. The molecule has 5 atom stereocenters. The van der Waals surface area contributed by atoms with Crippen molar-refractivity contribution in [1.29, 1.82) is 0 Å². The van der Waals surface area contributed by atoms with Crippen LogP contribution < -0.4 is 0 Å². The van der Waals surface area contributed by atoms with Gasteiger partial charge in [0.05, 0.1) is 7.11 Å². The molecule has 122 valence electrons. The lowest BCUT2D eigenvalue weighted by atomic mass is 10.1. The van der Waals surface area contributed by atoms with Gasteiger partial charge in [0, 0.05) is 6.61 Å². The molecule has 0 spiro atoms. The van der Waals surface area contributed by atoms with Crippen LogP contribution in [0.2, 0.25) is 0 Å². The Morgan fingerprint density at radius 1 is 1.38 bits per heavy atom. The van der Waals surface area contributed by atoms with E-state index in [9.17, 15) is 9.90 Å². The molecule has 2 saturated heterocycles. The van der Waals surface area contributed by atoms with E-state index in [0.29, 0.717) is 6.61 Å². The number of carbonyl (C=O) groups is 1. The third-order valence-corrected chi connectivity index (χ3v) is 3.59. The van der Waals surface area contributed by atoms with Crippen LogP contribution in [0.5, 0.6) is 0 Å². The SMILES string of the molecule is CCCCO[C@@H]1[C@@H]2OC(C)(C)O[C@H]2O[C@@H]1[C@@H](O)C(=O)OC. The molecule has 2 aliphatic rings. The number of methoxy groups -OCH3 is 1. The molecule has 2 heterocycles. The van der Waals surface area contributed by atoms with E-state index < -0.39 is 42.5 Å². The minimum absolute atomic E-state index is 0.471. The van der Waals surface area contributed by atoms with Crippen molar-refractivity contribution in [2.75, 3.05) is 13.7 Å². The number of aliphatic hydroxyl groups excluding tert-OH is 1. The normalized spacial score (nSPS) is 35.5. The Hall–Kier alpha value is -0.730. The van der Waals surface area contributed by atoms with Crippen molar-refractivity contribution in [1.82, 2.24) is 0 Å². The van der Waals surface area contributed by atoms with Crippen LogP contribution in [-0.4, -0.2) is 61.3 Å². The molecular weight excluding hydrogens is 280 g/mol. The summed E-state index contributed by atoms with van der Waals surface area (Å²) in [6.07, 6.45) is -2.13. The summed E-state index contributed by atoms with van der Waals surface area (Å²) in [5, 5.41) is 10.0. The first-order valence-electron chi connectivity index (χ1n) is 7.28. The number of hydrogen-bond donors (Lipinski definition) is 1. The maximum atomic E-state index is 11.5. The van der Waals surface area contributed by atoms with Crippen LogP contribution in [0.1, 0.15) is 33.6 Å². The van der Waals surface area contributed by atoms with E-state index >= 15 is 0 Å². The Morgan fingerprint density at radius 2 is 2.10 bits per heavy atom. The fourth-order valence-electron chi connectivity index (χ4n) is 2.57. The molecule has 0 aromatic heterocycles. The van der Waals surface area contributed by atoms with Gasteiger partial charge in [-0.05, 0) is 20.3 Å². The summed E-state index contributed by atoms with van der Waals surface area (Å²) in [7, 11) is 1.21. The van der Waals surface area contributed by atoms with Crippen LogP contribution in [0.15, 0.2) is 0 Å². The van der Waals surface area contributed by atoms with Crippen molar-refractivity contribution in [3.8, 4) is 0 Å². The van der Waals surface area contributed by atoms with Crippen molar-refractivity contribution in [2.45, 2.75) is 70.1 Å². The lowest BCUT2D eigenvalue weighted by molar-refractivity contribution is -0.231. The van der Waals surface area contributed by atoms with Crippen LogP contribution in [0.25, 0.3) is 0 Å². The van der Waals surface area contributed by atoms with Crippen molar-refractivity contribution in [2.24, 2.45) is 0 Å². The van der Waals surface area contributed by atoms with Gasteiger partial charge in [0.2, 0.25) is 0 Å². The van der Waals surface area contributed by atoms with Gasteiger partial charge in [0.1, 0.15) is 18.3 Å². The van der Waals surface area contributed by atoms with E-state index in [1.165, 1.54) is 7.11 Å². The largest absolute Gasteiger partial charge is 0.467 e. The zero-order chi connectivity index (χ0) is 15.6. The van der Waals surface area contributed by atoms with Crippen molar-refractivity contribution in [3.63, 3.8) is 0 Å². The number of esters is 1. The highest BCUT2D eigenvalue weighted by Gasteiger charge is 2.58. The second-order valence-electron chi connectivity index (χ2n) is 5.73. The first-order valence-corrected chi connectivity index (χ1v) is 7.28. The fourth-order valence-corrected chi connectivity index (χ4v) is 2.57. The van der Waals surface area contributed by atoms with Gasteiger partial charge in [0.15, 0.2) is 18.2 Å². The second kappa shape index (κ2) is 6.58. The topological polar surface area (TPSA) is 83.5 Å². The van der Waals surface area contributed by atoms with Crippen LogP contribution >= 0.6 is 0 Å². The van der Waals surface area contributed by atoms with Gasteiger partial charge in [0.25, 0.3) is 0 Å². The number of hydrogen-bond acceptors (Lipinski definition) is 7. The van der Waals surface area contributed by atoms with Gasteiger partial charge in [-0.2, -0.15) is 0 Å². The molecule has 0 amide bonds. The summed E-state index contributed by atoms with van der Waals surface area (Å²) in [5.74, 6) is -1.54. The summed E-state index contributed by atoms with van der Waals surface area (Å²) in [6, 6.07) is 0. The monoisotopic (exact) mass is 304 g/mol. The van der Waals surface area contributed by atoms with E-state index in [4.69, 9.17) is 18.9 Å². The molecule has 21 heavy (non-hydrogen) atoms. The number of rotatable bonds is 6. The predicted octanol–water partition coefficient (Wildman–Crippen LogP) is 0.582. The smallest absolute Gasteiger partial charge is 0.337 e. The minimum atomic E-state index is -1.43. The summed E-state index contributed by atoms with van der Waals surface area (Å²) in [4.78, 5) is 11.5. The average molecular weight is 304 g/mol. The fraction of sp³-hybridized carbons (Fsp3) is 0.929. The third-order valence-electron chi connectivity index (χ3n) is 3.59. The quantitative estimate of drug-likeness (QED) is 0.567.